The number of nitrogens with one attached hydrogen (secondary N) is 1. The predicted molar refractivity (Wildman–Crippen MR) is 68.8 cm³/mol. The van der Waals surface area contributed by atoms with Gasteiger partial charge in [0.1, 0.15) is 5.82 Å². The van der Waals surface area contributed by atoms with Gasteiger partial charge in [-0.1, -0.05) is 37.3 Å². The monoisotopic (exact) mass is 229 g/mol. The summed E-state index contributed by atoms with van der Waals surface area (Å²) in [5.41, 5.74) is 1.39. The molecule has 0 unspecified atom stereocenters. The normalized spacial score (nSPS) is 10.6. The Morgan fingerprint density at radius 3 is 2.65 bits per heavy atom. The van der Waals surface area contributed by atoms with Crippen LogP contribution in [-0.4, -0.2) is 15.2 Å². The highest BCUT2D eigenvalue weighted by atomic mass is 15.2. The van der Waals surface area contributed by atoms with E-state index in [1.54, 1.807) is 0 Å². The third kappa shape index (κ3) is 3.70. The van der Waals surface area contributed by atoms with Gasteiger partial charge < -0.3 is 0 Å². The van der Waals surface area contributed by atoms with Crippen molar-refractivity contribution < 1.29 is 0 Å². The van der Waals surface area contributed by atoms with Crippen LogP contribution in [0.25, 0.3) is 0 Å². The minimum atomic E-state index is 0.949. The highest BCUT2D eigenvalue weighted by Gasteiger charge is 2.02. The molecule has 2 aromatic rings. The van der Waals surface area contributed by atoms with Gasteiger partial charge >= 0.3 is 0 Å². The first-order valence-corrected chi connectivity index (χ1v) is 6.32. The van der Waals surface area contributed by atoms with Crippen molar-refractivity contribution >= 4 is 0 Å². The fourth-order valence-corrected chi connectivity index (χ4v) is 1.89. The van der Waals surface area contributed by atoms with Crippen molar-refractivity contribution in [1.82, 2.24) is 15.2 Å². The summed E-state index contributed by atoms with van der Waals surface area (Å²) in [4.78, 5) is 4.46. The van der Waals surface area contributed by atoms with Crippen molar-refractivity contribution in [1.29, 1.82) is 0 Å². The first-order chi connectivity index (χ1) is 8.38. The number of aryl methyl sites for hydroxylation is 3. The molecule has 3 heteroatoms. The lowest BCUT2D eigenvalue weighted by Gasteiger charge is -1.98. The van der Waals surface area contributed by atoms with Crippen molar-refractivity contribution in [3.63, 3.8) is 0 Å². The van der Waals surface area contributed by atoms with Crippen LogP contribution < -0.4 is 0 Å². The molecule has 0 radical (unpaired) electrons. The van der Waals surface area contributed by atoms with Crippen LogP contribution >= 0.6 is 0 Å². The fraction of sp³-hybridized carbons (Fsp3) is 0.429. The molecule has 0 atom stereocenters. The number of hydrogen-bond acceptors (Lipinski definition) is 2. The first-order valence-electron chi connectivity index (χ1n) is 6.32. The van der Waals surface area contributed by atoms with Gasteiger partial charge in [-0.05, 0) is 24.8 Å². The molecule has 0 saturated heterocycles. The van der Waals surface area contributed by atoms with Gasteiger partial charge in [0.25, 0.3) is 0 Å². The van der Waals surface area contributed by atoms with Gasteiger partial charge in [0.15, 0.2) is 5.82 Å². The van der Waals surface area contributed by atoms with Crippen LogP contribution in [0.4, 0.5) is 0 Å². The summed E-state index contributed by atoms with van der Waals surface area (Å²) < 4.78 is 0. The second-order valence-electron chi connectivity index (χ2n) is 4.29. The summed E-state index contributed by atoms with van der Waals surface area (Å²) in [6.45, 7) is 2.15. The van der Waals surface area contributed by atoms with E-state index in [0.717, 1.165) is 43.8 Å². The van der Waals surface area contributed by atoms with Crippen LogP contribution in [0, 0.1) is 0 Å². The van der Waals surface area contributed by atoms with E-state index in [-0.39, 0.29) is 0 Å². The van der Waals surface area contributed by atoms with Gasteiger partial charge in [0.05, 0.1) is 0 Å². The average Bonchev–Trinajstić information content (AvgIpc) is 2.79. The molecule has 1 aromatic carbocycles. The molecule has 2 rings (SSSR count). The summed E-state index contributed by atoms with van der Waals surface area (Å²) in [6, 6.07) is 10.6. The van der Waals surface area contributed by atoms with E-state index in [1.165, 1.54) is 5.56 Å². The van der Waals surface area contributed by atoms with Gasteiger partial charge in [-0.25, -0.2) is 4.98 Å². The van der Waals surface area contributed by atoms with Crippen molar-refractivity contribution in [2.24, 2.45) is 0 Å². The lowest BCUT2D eigenvalue weighted by molar-refractivity contribution is 0.774. The second kappa shape index (κ2) is 6.18. The van der Waals surface area contributed by atoms with Crippen LogP contribution in [0.2, 0.25) is 0 Å². The number of nitrogens with zero attached hydrogens (tertiary/aromatic N) is 2. The van der Waals surface area contributed by atoms with Crippen molar-refractivity contribution in [2.75, 3.05) is 0 Å². The summed E-state index contributed by atoms with van der Waals surface area (Å²) >= 11 is 0. The third-order valence-corrected chi connectivity index (χ3v) is 2.77. The van der Waals surface area contributed by atoms with Crippen LogP contribution in [0.5, 0.6) is 0 Å². The van der Waals surface area contributed by atoms with Crippen LogP contribution in [0.1, 0.15) is 37.0 Å². The van der Waals surface area contributed by atoms with Gasteiger partial charge in [0.2, 0.25) is 0 Å². The zero-order chi connectivity index (χ0) is 11.9. The molecule has 0 amide bonds. The Morgan fingerprint density at radius 1 is 1.06 bits per heavy atom. The number of aromatic nitrogens is 3. The van der Waals surface area contributed by atoms with Crippen molar-refractivity contribution in [3.05, 3.63) is 47.5 Å². The Balaban J connectivity index is 1.78. The van der Waals surface area contributed by atoms with Gasteiger partial charge in [-0.15, -0.1) is 0 Å². The van der Waals surface area contributed by atoms with Crippen LogP contribution in [-0.2, 0) is 19.3 Å². The molecule has 1 aromatic heterocycles. The van der Waals surface area contributed by atoms with E-state index in [0.29, 0.717) is 0 Å². The third-order valence-electron chi connectivity index (χ3n) is 2.77. The number of aromatic amines is 1. The molecule has 90 valence electrons. The molecule has 3 nitrogen and oxygen atoms in total. The molecule has 17 heavy (non-hydrogen) atoms. The zero-order valence-electron chi connectivity index (χ0n) is 10.3. The molecule has 0 fully saturated rings. The largest absolute Gasteiger partial charge is 0.263 e. The molecule has 0 aliphatic rings. The van der Waals surface area contributed by atoms with Gasteiger partial charge in [0, 0.05) is 12.8 Å². The predicted octanol–water partition coefficient (Wildman–Crippen LogP) is 2.93. The maximum absolute atomic E-state index is 4.46. The number of benzene rings is 1. The highest BCUT2D eigenvalue weighted by molar-refractivity contribution is 5.14. The molecule has 0 saturated carbocycles. The molecule has 0 spiro atoms. The van der Waals surface area contributed by atoms with E-state index in [9.17, 15) is 0 Å². The number of rotatable bonds is 6. The summed E-state index contributed by atoms with van der Waals surface area (Å²) in [5, 5.41) is 7.22. The molecule has 1 N–H and O–H groups in total. The molecular formula is C14H19N3. The van der Waals surface area contributed by atoms with E-state index in [4.69, 9.17) is 0 Å². The average molecular weight is 229 g/mol. The molecule has 0 bridgehead atoms. The Morgan fingerprint density at radius 2 is 1.88 bits per heavy atom. The maximum atomic E-state index is 4.46. The topological polar surface area (TPSA) is 41.6 Å². The quantitative estimate of drug-likeness (QED) is 0.827. The molecule has 0 aliphatic carbocycles. The Kier molecular flexibility index (Phi) is 4.30. The maximum Gasteiger partial charge on any atom is 0.150 e. The highest BCUT2D eigenvalue weighted by Crippen LogP contribution is 2.06. The van der Waals surface area contributed by atoms with E-state index in [1.807, 2.05) is 0 Å². The Labute approximate surface area is 102 Å². The fourth-order valence-electron chi connectivity index (χ4n) is 1.89. The first kappa shape index (κ1) is 11.8. The minimum Gasteiger partial charge on any atom is -0.263 e. The lowest BCUT2D eigenvalue weighted by atomic mass is 10.1. The summed E-state index contributed by atoms with van der Waals surface area (Å²) in [5.74, 6) is 1.96. The van der Waals surface area contributed by atoms with E-state index in [2.05, 4.69) is 52.4 Å². The van der Waals surface area contributed by atoms with Crippen LogP contribution in [0.3, 0.4) is 0 Å². The molecular weight excluding hydrogens is 210 g/mol. The summed E-state index contributed by atoms with van der Waals surface area (Å²) in [6.07, 6.45) is 5.26. The van der Waals surface area contributed by atoms with E-state index < -0.39 is 0 Å². The smallest absolute Gasteiger partial charge is 0.150 e. The van der Waals surface area contributed by atoms with Crippen molar-refractivity contribution in [2.45, 2.75) is 39.0 Å². The number of hydrogen-bond donors (Lipinski definition) is 1. The molecule has 1 heterocycles. The number of H-pyrrole nitrogens is 1. The zero-order valence-corrected chi connectivity index (χ0v) is 10.3. The Hall–Kier alpha value is -1.64. The SMILES string of the molecule is CCCc1nc(CCCc2ccccc2)n[nH]1. The van der Waals surface area contributed by atoms with Gasteiger partial charge in [-0.2, -0.15) is 5.10 Å². The summed E-state index contributed by atoms with van der Waals surface area (Å²) in [7, 11) is 0. The second-order valence-corrected chi connectivity index (χ2v) is 4.29. The minimum absolute atomic E-state index is 0.949. The van der Waals surface area contributed by atoms with Crippen molar-refractivity contribution in [3.8, 4) is 0 Å². The van der Waals surface area contributed by atoms with Gasteiger partial charge in [-0.3, -0.25) is 5.10 Å². The lowest BCUT2D eigenvalue weighted by Crippen LogP contribution is -1.92. The van der Waals surface area contributed by atoms with E-state index >= 15 is 0 Å². The standard InChI is InChI=1S/C14H19N3/c1-2-7-13-15-14(17-16-13)11-6-10-12-8-4-3-5-9-12/h3-5,8-9H,2,6-7,10-11H2,1H3,(H,15,16,17). The molecule has 0 aliphatic heterocycles. The Bertz CT molecular complexity index is 434. The van der Waals surface area contributed by atoms with Crippen LogP contribution in [0.15, 0.2) is 30.3 Å².